The molecular formula is C12H12ClN3O2. The number of rotatable bonds is 3. The molecule has 1 aromatic carbocycles. The third kappa shape index (κ3) is 2.81. The van der Waals surface area contributed by atoms with E-state index >= 15 is 0 Å². The predicted octanol–water partition coefficient (Wildman–Crippen LogP) is 2.59. The number of carbonyl (C=O) groups excluding carboxylic acids is 1. The minimum absolute atomic E-state index is 0.309. The van der Waals surface area contributed by atoms with Crippen LogP contribution in [-0.2, 0) is 11.3 Å². The molecular weight excluding hydrogens is 254 g/mol. The lowest BCUT2D eigenvalue weighted by Gasteiger charge is -2.07. The number of H-pyrrole nitrogens is 1. The van der Waals surface area contributed by atoms with Crippen molar-refractivity contribution in [3.05, 3.63) is 41.0 Å². The van der Waals surface area contributed by atoms with Crippen LogP contribution in [0.15, 0.2) is 30.5 Å². The highest BCUT2D eigenvalue weighted by Crippen LogP contribution is 2.23. The maximum absolute atomic E-state index is 11.0. The third-order valence-corrected chi connectivity index (χ3v) is 2.82. The fraction of sp³-hybridized carbons (Fsp3) is 0.167. The smallest absolute Gasteiger partial charge is 0.407 e. The van der Waals surface area contributed by atoms with Crippen molar-refractivity contribution < 1.29 is 9.53 Å². The quantitative estimate of drug-likeness (QED) is 0.896. The average molecular weight is 266 g/mol. The molecule has 0 bridgehead atoms. The van der Waals surface area contributed by atoms with E-state index in [1.165, 1.54) is 7.11 Å². The molecule has 6 heteroatoms. The Morgan fingerprint density at radius 3 is 3.00 bits per heavy atom. The SMILES string of the molecule is COC(=O)NCc1cc(-c2cc[nH]n2)ccc1Cl. The van der Waals surface area contributed by atoms with E-state index in [1.54, 1.807) is 12.3 Å². The lowest BCUT2D eigenvalue weighted by Crippen LogP contribution is -2.22. The van der Waals surface area contributed by atoms with Crippen LogP contribution in [0.2, 0.25) is 5.02 Å². The number of methoxy groups -OCH3 is 1. The van der Waals surface area contributed by atoms with Gasteiger partial charge >= 0.3 is 6.09 Å². The normalized spacial score (nSPS) is 10.1. The number of hydrogen-bond donors (Lipinski definition) is 2. The summed E-state index contributed by atoms with van der Waals surface area (Å²) in [4.78, 5) is 11.0. The number of hydrogen-bond acceptors (Lipinski definition) is 3. The van der Waals surface area contributed by atoms with Crippen LogP contribution in [0, 0.1) is 0 Å². The van der Waals surface area contributed by atoms with Crippen LogP contribution < -0.4 is 5.32 Å². The molecule has 5 nitrogen and oxygen atoms in total. The van der Waals surface area contributed by atoms with Crippen LogP contribution in [-0.4, -0.2) is 23.4 Å². The van der Waals surface area contributed by atoms with Gasteiger partial charge in [-0.05, 0) is 23.8 Å². The number of alkyl carbamates (subject to hydrolysis) is 1. The van der Waals surface area contributed by atoms with E-state index in [-0.39, 0.29) is 0 Å². The van der Waals surface area contributed by atoms with E-state index in [1.807, 2.05) is 18.2 Å². The molecule has 1 aromatic heterocycles. The molecule has 2 aromatic rings. The van der Waals surface area contributed by atoms with Crippen molar-refractivity contribution in [2.45, 2.75) is 6.54 Å². The number of nitrogens with one attached hydrogen (secondary N) is 2. The maximum atomic E-state index is 11.0. The molecule has 2 N–H and O–H groups in total. The van der Waals surface area contributed by atoms with Gasteiger partial charge in [0.1, 0.15) is 0 Å². The zero-order chi connectivity index (χ0) is 13.0. The molecule has 0 saturated carbocycles. The van der Waals surface area contributed by atoms with Crippen LogP contribution >= 0.6 is 11.6 Å². The molecule has 0 aliphatic carbocycles. The van der Waals surface area contributed by atoms with Gasteiger partial charge in [0.25, 0.3) is 0 Å². The molecule has 1 amide bonds. The number of aromatic nitrogens is 2. The van der Waals surface area contributed by atoms with E-state index in [4.69, 9.17) is 11.6 Å². The predicted molar refractivity (Wildman–Crippen MR) is 68.3 cm³/mol. The lowest BCUT2D eigenvalue weighted by molar-refractivity contribution is 0.170. The number of carbonyl (C=O) groups is 1. The van der Waals surface area contributed by atoms with Crippen molar-refractivity contribution in [3.63, 3.8) is 0 Å². The number of aromatic amines is 1. The largest absolute Gasteiger partial charge is 0.453 e. The monoisotopic (exact) mass is 265 g/mol. The molecule has 0 spiro atoms. The first kappa shape index (κ1) is 12.4. The van der Waals surface area contributed by atoms with Gasteiger partial charge in [-0.3, -0.25) is 5.10 Å². The molecule has 94 valence electrons. The second kappa shape index (κ2) is 5.55. The van der Waals surface area contributed by atoms with E-state index in [0.29, 0.717) is 11.6 Å². The number of benzene rings is 1. The van der Waals surface area contributed by atoms with Crippen molar-refractivity contribution in [2.75, 3.05) is 7.11 Å². The summed E-state index contributed by atoms with van der Waals surface area (Å²) in [7, 11) is 1.32. The molecule has 0 atom stereocenters. The van der Waals surface area contributed by atoms with Crippen LogP contribution in [0.1, 0.15) is 5.56 Å². The Morgan fingerprint density at radius 1 is 1.50 bits per heavy atom. The summed E-state index contributed by atoms with van der Waals surface area (Å²) in [5, 5.41) is 10.0. The van der Waals surface area contributed by atoms with Crippen LogP contribution in [0.4, 0.5) is 4.79 Å². The summed E-state index contributed by atoms with van der Waals surface area (Å²) in [6.45, 7) is 0.309. The van der Waals surface area contributed by atoms with Gasteiger partial charge in [0.15, 0.2) is 0 Å². The Kier molecular flexibility index (Phi) is 3.84. The van der Waals surface area contributed by atoms with Gasteiger partial charge in [0.2, 0.25) is 0 Å². The molecule has 0 aliphatic rings. The molecule has 0 fully saturated rings. The van der Waals surface area contributed by atoms with Crippen molar-refractivity contribution >= 4 is 17.7 Å². The highest BCUT2D eigenvalue weighted by atomic mass is 35.5. The number of nitrogens with zero attached hydrogens (tertiary/aromatic N) is 1. The second-order valence-corrected chi connectivity index (χ2v) is 4.02. The summed E-state index contributed by atoms with van der Waals surface area (Å²) in [6.07, 6.45) is 1.26. The zero-order valence-electron chi connectivity index (χ0n) is 9.74. The molecule has 2 rings (SSSR count). The van der Waals surface area contributed by atoms with Crippen molar-refractivity contribution in [2.24, 2.45) is 0 Å². The second-order valence-electron chi connectivity index (χ2n) is 3.61. The number of ether oxygens (including phenoxy) is 1. The Bertz CT molecular complexity index is 540. The van der Waals surface area contributed by atoms with Gasteiger partial charge < -0.3 is 10.1 Å². The van der Waals surface area contributed by atoms with E-state index < -0.39 is 6.09 Å². The van der Waals surface area contributed by atoms with Gasteiger partial charge in [-0.15, -0.1) is 0 Å². The first-order valence-electron chi connectivity index (χ1n) is 5.31. The zero-order valence-corrected chi connectivity index (χ0v) is 10.5. The summed E-state index contributed by atoms with van der Waals surface area (Å²) in [6, 6.07) is 7.40. The molecule has 1 heterocycles. The topological polar surface area (TPSA) is 67.0 Å². The Balaban J connectivity index is 2.19. The first-order chi connectivity index (χ1) is 8.70. The van der Waals surface area contributed by atoms with Crippen molar-refractivity contribution in [3.8, 4) is 11.3 Å². The number of amides is 1. The minimum Gasteiger partial charge on any atom is -0.453 e. The molecule has 0 unspecified atom stereocenters. The van der Waals surface area contributed by atoms with Crippen LogP contribution in [0.3, 0.4) is 0 Å². The first-order valence-corrected chi connectivity index (χ1v) is 5.69. The molecule has 0 saturated heterocycles. The van der Waals surface area contributed by atoms with Gasteiger partial charge in [-0.2, -0.15) is 5.10 Å². The third-order valence-electron chi connectivity index (χ3n) is 2.45. The van der Waals surface area contributed by atoms with Crippen LogP contribution in [0.5, 0.6) is 0 Å². The van der Waals surface area contributed by atoms with Crippen LogP contribution in [0.25, 0.3) is 11.3 Å². The average Bonchev–Trinajstić information content (AvgIpc) is 2.91. The summed E-state index contributed by atoms with van der Waals surface area (Å²) < 4.78 is 4.50. The summed E-state index contributed by atoms with van der Waals surface area (Å²) in [5.41, 5.74) is 2.57. The highest BCUT2D eigenvalue weighted by molar-refractivity contribution is 6.31. The standard InChI is InChI=1S/C12H12ClN3O2/c1-18-12(17)14-7-9-6-8(2-3-10(9)13)11-4-5-15-16-11/h2-6H,7H2,1H3,(H,14,17)(H,15,16). The Labute approximate surface area is 109 Å². The maximum Gasteiger partial charge on any atom is 0.407 e. The fourth-order valence-electron chi connectivity index (χ4n) is 1.53. The van der Waals surface area contributed by atoms with Gasteiger partial charge in [0, 0.05) is 23.3 Å². The summed E-state index contributed by atoms with van der Waals surface area (Å²) in [5.74, 6) is 0. The minimum atomic E-state index is -0.490. The molecule has 0 aliphatic heterocycles. The molecule has 18 heavy (non-hydrogen) atoms. The Morgan fingerprint density at radius 2 is 2.33 bits per heavy atom. The molecule has 0 radical (unpaired) electrons. The van der Waals surface area contributed by atoms with Crippen molar-refractivity contribution in [1.82, 2.24) is 15.5 Å². The van der Waals surface area contributed by atoms with E-state index in [0.717, 1.165) is 16.8 Å². The summed E-state index contributed by atoms with van der Waals surface area (Å²) >= 11 is 6.06. The van der Waals surface area contributed by atoms with E-state index in [2.05, 4.69) is 20.3 Å². The van der Waals surface area contributed by atoms with E-state index in [9.17, 15) is 4.79 Å². The van der Waals surface area contributed by atoms with Gasteiger partial charge in [0.05, 0.1) is 12.8 Å². The van der Waals surface area contributed by atoms with Gasteiger partial charge in [-0.25, -0.2) is 4.79 Å². The Hall–Kier alpha value is -2.01. The highest BCUT2D eigenvalue weighted by Gasteiger charge is 2.07. The fourth-order valence-corrected chi connectivity index (χ4v) is 1.71. The van der Waals surface area contributed by atoms with Gasteiger partial charge in [-0.1, -0.05) is 17.7 Å². The number of halogens is 1. The lowest BCUT2D eigenvalue weighted by atomic mass is 10.1. The van der Waals surface area contributed by atoms with Crippen molar-refractivity contribution in [1.29, 1.82) is 0 Å².